The van der Waals surface area contributed by atoms with Crippen LogP contribution in [-0.4, -0.2) is 28.9 Å². The summed E-state index contributed by atoms with van der Waals surface area (Å²) in [5.41, 5.74) is 6.49. The number of hydrogen-bond donors (Lipinski definition) is 1. The molecule has 1 aromatic heterocycles. The molecule has 0 unspecified atom stereocenters. The summed E-state index contributed by atoms with van der Waals surface area (Å²) in [5, 5.41) is 0. The molecule has 76 valence electrons. The molecule has 0 bridgehead atoms. The minimum absolute atomic E-state index is 0.0612. The first-order valence-electron chi connectivity index (χ1n) is 4.50. The lowest BCUT2D eigenvalue weighted by Crippen LogP contribution is -2.39. The maximum absolute atomic E-state index is 11.4. The molecule has 14 heavy (non-hydrogen) atoms. The van der Waals surface area contributed by atoms with Crippen molar-refractivity contribution < 1.29 is 4.79 Å². The molecule has 0 aliphatic heterocycles. The van der Waals surface area contributed by atoms with Gasteiger partial charge in [-0.2, -0.15) is 0 Å². The van der Waals surface area contributed by atoms with Crippen LogP contribution < -0.4 is 5.73 Å². The van der Waals surface area contributed by atoms with Crippen LogP contribution in [0.3, 0.4) is 0 Å². The SMILES string of the molecule is C[C@H](N)C(=O)N(C)Cc1cccnc1. The molecule has 0 saturated heterocycles. The van der Waals surface area contributed by atoms with E-state index in [1.807, 2.05) is 12.1 Å². The molecule has 0 radical (unpaired) electrons. The topological polar surface area (TPSA) is 59.2 Å². The van der Waals surface area contributed by atoms with Gasteiger partial charge < -0.3 is 10.6 Å². The summed E-state index contributed by atoms with van der Waals surface area (Å²) in [5.74, 6) is -0.0612. The molecular formula is C10H15N3O. The van der Waals surface area contributed by atoms with Gasteiger partial charge in [0.2, 0.25) is 5.91 Å². The van der Waals surface area contributed by atoms with Crippen LogP contribution in [0.25, 0.3) is 0 Å². The van der Waals surface area contributed by atoms with Crippen molar-refractivity contribution in [2.45, 2.75) is 19.5 Å². The van der Waals surface area contributed by atoms with Gasteiger partial charge in [-0.15, -0.1) is 0 Å². The van der Waals surface area contributed by atoms with Crippen LogP contribution in [0.5, 0.6) is 0 Å². The van der Waals surface area contributed by atoms with E-state index in [0.29, 0.717) is 6.54 Å². The van der Waals surface area contributed by atoms with Crippen molar-refractivity contribution >= 4 is 5.91 Å². The van der Waals surface area contributed by atoms with Crippen molar-refractivity contribution in [2.75, 3.05) is 7.05 Å². The molecule has 1 rings (SSSR count). The average molecular weight is 193 g/mol. The second-order valence-corrected chi connectivity index (χ2v) is 3.34. The van der Waals surface area contributed by atoms with Crippen LogP contribution in [0.2, 0.25) is 0 Å². The molecule has 1 heterocycles. The van der Waals surface area contributed by atoms with Gasteiger partial charge in [-0.05, 0) is 18.6 Å². The van der Waals surface area contributed by atoms with Crippen LogP contribution in [0, 0.1) is 0 Å². The predicted molar refractivity (Wildman–Crippen MR) is 54.4 cm³/mol. The number of nitrogens with two attached hydrogens (primary N) is 1. The first-order valence-corrected chi connectivity index (χ1v) is 4.50. The summed E-state index contributed by atoms with van der Waals surface area (Å²) in [6.07, 6.45) is 3.45. The standard InChI is InChI=1S/C10H15N3O/c1-8(11)10(14)13(2)7-9-4-3-5-12-6-9/h3-6,8H,7,11H2,1-2H3/t8-/m0/s1. The zero-order chi connectivity index (χ0) is 10.6. The molecule has 2 N–H and O–H groups in total. The Morgan fingerprint density at radius 2 is 2.43 bits per heavy atom. The molecule has 4 heteroatoms. The van der Waals surface area contributed by atoms with Crippen LogP contribution in [0.4, 0.5) is 0 Å². The van der Waals surface area contributed by atoms with E-state index >= 15 is 0 Å². The third-order valence-electron chi connectivity index (χ3n) is 1.91. The summed E-state index contributed by atoms with van der Waals surface area (Å²) in [4.78, 5) is 17.0. The highest BCUT2D eigenvalue weighted by molar-refractivity contribution is 5.80. The zero-order valence-corrected chi connectivity index (χ0v) is 8.47. The van der Waals surface area contributed by atoms with Gasteiger partial charge in [0.15, 0.2) is 0 Å². The van der Waals surface area contributed by atoms with Gasteiger partial charge in [0.25, 0.3) is 0 Å². The van der Waals surface area contributed by atoms with Gasteiger partial charge in [-0.3, -0.25) is 9.78 Å². The first-order chi connectivity index (χ1) is 6.61. The van der Waals surface area contributed by atoms with E-state index in [1.54, 1.807) is 31.3 Å². The minimum Gasteiger partial charge on any atom is -0.340 e. The number of aromatic nitrogens is 1. The number of nitrogens with zero attached hydrogens (tertiary/aromatic N) is 2. The third kappa shape index (κ3) is 2.81. The monoisotopic (exact) mass is 193 g/mol. The Morgan fingerprint density at radius 1 is 1.71 bits per heavy atom. The van der Waals surface area contributed by atoms with Crippen molar-refractivity contribution in [1.82, 2.24) is 9.88 Å². The number of hydrogen-bond acceptors (Lipinski definition) is 3. The largest absolute Gasteiger partial charge is 0.340 e. The lowest BCUT2D eigenvalue weighted by atomic mass is 10.2. The van der Waals surface area contributed by atoms with Gasteiger partial charge in [-0.1, -0.05) is 6.07 Å². The van der Waals surface area contributed by atoms with Gasteiger partial charge in [0, 0.05) is 26.0 Å². The highest BCUT2D eigenvalue weighted by Gasteiger charge is 2.12. The first kappa shape index (κ1) is 10.7. The second-order valence-electron chi connectivity index (χ2n) is 3.34. The van der Waals surface area contributed by atoms with E-state index in [0.717, 1.165) is 5.56 Å². The molecule has 1 amide bonds. The fraction of sp³-hybridized carbons (Fsp3) is 0.400. The number of amides is 1. The summed E-state index contributed by atoms with van der Waals surface area (Å²) < 4.78 is 0. The Labute approximate surface area is 83.7 Å². The second kappa shape index (κ2) is 4.72. The van der Waals surface area contributed by atoms with E-state index in [9.17, 15) is 4.79 Å². The normalized spacial score (nSPS) is 12.2. The van der Waals surface area contributed by atoms with Crippen molar-refractivity contribution in [3.8, 4) is 0 Å². The van der Waals surface area contributed by atoms with Gasteiger partial charge in [0.05, 0.1) is 6.04 Å². The van der Waals surface area contributed by atoms with Crippen molar-refractivity contribution in [1.29, 1.82) is 0 Å². The number of carbonyl (C=O) groups is 1. The summed E-state index contributed by atoms with van der Waals surface area (Å²) >= 11 is 0. The lowest BCUT2D eigenvalue weighted by molar-refractivity contribution is -0.131. The van der Waals surface area contributed by atoms with Crippen LogP contribution in [0.1, 0.15) is 12.5 Å². The molecule has 0 aromatic carbocycles. The van der Waals surface area contributed by atoms with E-state index in [-0.39, 0.29) is 5.91 Å². The van der Waals surface area contributed by atoms with Crippen molar-refractivity contribution in [2.24, 2.45) is 5.73 Å². The molecule has 0 aliphatic carbocycles. The van der Waals surface area contributed by atoms with Gasteiger partial charge in [0.1, 0.15) is 0 Å². The Kier molecular flexibility index (Phi) is 3.59. The molecule has 1 aromatic rings. The maximum Gasteiger partial charge on any atom is 0.239 e. The van der Waals surface area contributed by atoms with Crippen molar-refractivity contribution in [3.05, 3.63) is 30.1 Å². The van der Waals surface area contributed by atoms with Crippen molar-refractivity contribution in [3.63, 3.8) is 0 Å². The smallest absolute Gasteiger partial charge is 0.239 e. The Balaban J connectivity index is 2.57. The van der Waals surface area contributed by atoms with E-state index in [2.05, 4.69) is 4.98 Å². The lowest BCUT2D eigenvalue weighted by Gasteiger charge is -2.18. The number of rotatable bonds is 3. The molecule has 0 spiro atoms. The van der Waals surface area contributed by atoms with Crippen LogP contribution in [0.15, 0.2) is 24.5 Å². The van der Waals surface area contributed by atoms with E-state index in [4.69, 9.17) is 5.73 Å². The average Bonchev–Trinajstić information content (AvgIpc) is 2.18. The van der Waals surface area contributed by atoms with Gasteiger partial charge in [-0.25, -0.2) is 0 Å². The Hall–Kier alpha value is -1.42. The van der Waals surface area contributed by atoms with Gasteiger partial charge >= 0.3 is 0 Å². The summed E-state index contributed by atoms with van der Waals surface area (Å²) in [6, 6.07) is 3.33. The molecule has 4 nitrogen and oxygen atoms in total. The van der Waals surface area contributed by atoms with E-state index in [1.165, 1.54) is 0 Å². The fourth-order valence-corrected chi connectivity index (χ4v) is 1.19. The zero-order valence-electron chi connectivity index (χ0n) is 8.47. The Bertz CT molecular complexity index is 297. The number of pyridine rings is 1. The highest BCUT2D eigenvalue weighted by Crippen LogP contribution is 2.01. The molecule has 1 atom stereocenters. The maximum atomic E-state index is 11.4. The highest BCUT2D eigenvalue weighted by atomic mass is 16.2. The predicted octanol–water partition coefficient (Wildman–Crippen LogP) is 0.387. The quantitative estimate of drug-likeness (QED) is 0.755. The Morgan fingerprint density at radius 3 is 2.93 bits per heavy atom. The van der Waals surface area contributed by atoms with Crippen LogP contribution in [-0.2, 0) is 11.3 Å². The number of carbonyl (C=O) groups excluding carboxylic acids is 1. The summed E-state index contributed by atoms with van der Waals surface area (Å²) in [6.45, 7) is 2.23. The summed E-state index contributed by atoms with van der Waals surface area (Å²) in [7, 11) is 1.73. The minimum atomic E-state index is -0.448. The molecular weight excluding hydrogens is 178 g/mol. The molecule has 0 saturated carbocycles. The fourth-order valence-electron chi connectivity index (χ4n) is 1.19. The van der Waals surface area contributed by atoms with Crippen LogP contribution >= 0.6 is 0 Å². The number of likely N-dealkylation sites (N-methyl/N-ethyl adjacent to an activating group) is 1. The molecule has 0 aliphatic rings. The third-order valence-corrected chi connectivity index (χ3v) is 1.91. The van der Waals surface area contributed by atoms with E-state index < -0.39 is 6.04 Å². The molecule has 0 fully saturated rings.